The fourth-order valence-corrected chi connectivity index (χ4v) is 6.44. The maximum Gasteiger partial charge on any atom is 0.573 e. The van der Waals surface area contributed by atoms with Gasteiger partial charge in [-0.25, -0.2) is 8.42 Å². The lowest BCUT2D eigenvalue weighted by Gasteiger charge is -2.40. The van der Waals surface area contributed by atoms with Crippen LogP contribution in [0.3, 0.4) is 0 Å². The van der Waals surface area contributed by atoms with E-state index in [2.05, 4.69) is 4.74 Å². The summed E-state index contributed by atoms with van der Waals surface area (Å²) in [5.74, 6) is -1.89. The van der Waals surface area contributed by atoms with Gasteiger partial charge in [-0.3, -0.25) is 4.79 Å². The number of halogens is 3. The fourth-order valence-electron chi connectivity index (χ4n) is 4.55. The number of nitrogens with zero attached hydrogens (tertiary/aromatic N) is 2. The van der Waals surface area contributed by atoms with Crippen LogP contribution in [0.15, 0.2) is 47.4 Å². The van der Waals surface area contributed by atoms with Crippen molar-refractivity contribution in [2.75, 3.05) is 24.5 Å². The zero-order chi connectivity index (χ0) is 24.0. The van der Waals surface area contributed by atoms with Gasteiger partial charge < -0.3 is 14.7 Å². The Labute approximate surface area is 189 Å². The third-order valence-electron chi connectivity index (χ3n) is 6.08. The summed E-state index contributed by atoms with van der Waals surface area (Å²) in [6.07, 6.45) is -4.27. The Bertz CT molecular complexity index is 1150. The number of benzene rings is 2. The van der Waals surface area contributed by atoms with Gasteiger partial charge in [0.05, 0.1) is 10.8 Å². The molecular weight excluding hydrogens is 461 g/mol. The number of carboxylic acids is 1. The lowest BCUT2D eigenvalue weighted by Crippen LogP contribution is -2.54. The molecule has 11 heteroatoms. The highest BCUT2D eigenvalue weighted by molar-refractivity contribution is 7.89. The van der Waals surface area contributed by atoms with E-state index < -0.39 is 34.3 Å². The van der Waals surface area contributed by atoms with Crippen LogP contribution in [0.25, 0.3) is 0 Å². The van der Waals surface area contributed by atoms with Crippen LogP contribution >= 0.6 is 0 Å². The van der Waals surface area contributed by atoms with Gasteiger partial charge in [0.2, 0.25) is 10.0 Å². The molecule has 1 saturated heterocycles. The summed E-state index contributed by atoms with van der Waals surface area (Å²) in [5.41, 5.74) is 1.98. The standard InChI is InChI=1S/C22H23F3N2O5S/c1-14-13-26(17-5-7-18(8-6-17)32-22(23,24)25)9-10-27(14)33(30,31)20-4-2-3-15-11-16(21(28)29)12-19(15)20/h2-8,14,16H,9-13H2,1H3,(H,28,29)/t14?,16-/m0/s1. The number of anilines is 1. The number of fused-ring (bicyclic) bond motifs is 1. The van der Waals surface area contributed by atoms with Gasteiger partial charge >= 0.3 is 12.3 Å². The van der Waals surface area contributed by atoms with Crippen LogP contribution in [0.4, 0.5) is 18.9 Å². The average molecular weight is 484 g/mol. The van der Waals surface area contributed by atoms with Crippen molar-refractivity contribution in [2.45, 2.75) is 37.1 Å². The lowest BCUT2D eigenvalue weighted by atomic mass is 10.1. The lowest BCUT2D eigenvalue weighted by molar-refractivity contribution is -0.274. The average Bonchev–Trinajstić information content (AvgIpc) is 3.17. The van der Waals surface area contributed by atoms with Crippen LogP contribution < -0.4 is 9.64 Å². The Hall–Kier alpha value is -2.79. The number of carbonyl (C=O) groups is 1. The van der Waals surface area contributed by atoms with Crippen molar-refractivity contribution in [1.29, 1.82) is 0 Å². The first-order valence-electron chi connectivity index (χ1n) is 10.4. The zero-order valence-electron chi connectivity index (χ0n) is 17.7. The number of aliphatic carboxylic acids is 1. The number of ether oxygens (including phenoxy) is 1. The Morgan fingerprint density at radius 2 is 1.79 bits per heavy atom. The Kier molecular flexibility index (Phi) is 6.04. The first kappa shape index (κ1) is 23.4. The Morgan fingerprint density at radius 3 is 2.39 bits per heavy atom. The van der Waals surface area contributed by atoms with E-state index in [1.54, 1.807) is 19.1 Å². The van der Waals surface area contributed by atoms with Crippen LogP contribution in [0.2, 0.25) is 0 Å². The van der Waals surface area contributed by atoms with Gasteiger partial charge in [-0.15, -0.1) is 13.2 Å². The molecule has 4 rings (SSSR count). The Morgan fingerprint density at radius 1 is 1.09 bits per heavy atom. The molecule has 0 spiro atoms. The normalized spacial score (nSPS) is 21.6. The molecule has 178 valence electrons. The molecule has 0 aromatic heterocycles. The smallest absolute Gasteiger partial charge is 0.481 e. The van der Waals surface area contributed by atoms with Crippen LogP contribution in [0.1, 0.15) is 18.1 Å². The zero-order valence-corrected chi connectivity index (χ0v) is 18.6. The van der Waals surface area contributed by atoms with Gasteiger partial charge in [-0.2, -0.15) is 4.31 Å². The summed E-state index contributed by atoms with van der Waals surface area (Å²) in [6.45, 7) is 2.67. The highest BCUT2D eigenvalue weighted by Crippen LogP contribution is 2.35. The van der Waals surface area contributed by atoms with Crippen molar-refractivity contribution >= 4 is 21.7 Å². The first-order valence-corrected chi connectivity index (χ1v) is 11.9. The van der Waals surface area contributed by atoms with Gasteiger partial charge in [0.1, 0.15) is 5.75 Å². The van der Waals surface area contributed by atoms with E-state index >= 15 is 0 Å². The number of sulfonamides is 1. The molecule has 33 heavy (non-hydrogen) atoms. The van der Waals surface area contributed by atoms with Crippen molar-refractivity contribution in [1.82, 2.24) is 4.31 Å². The third-order valence-corrected chi connectivity index (χ3v) is 8.18. The van der Waals surface area contributed by atoms with E-state index in [4.69, 9.17) is 0 Å². The molecule has 7 nitrogen and oxygen atoms in total. The van der Waals surface area contributed by atoms with Gasteiger partial charge in [-0.05, 0) is 61.2 Å². The highest BCUT2D eigenvalue weighted by atomic mass is 32.2. The second-order valence-electron chi connectivity index (χ2n) is 8.29. The molecule has 0 saturated carbocycles. The summed E-state index contributed by atoms with van der Waals surface area (Å²) >= 11 is 0. The second-order valence-corrected chi connectivity index (χ2v) is 10.1. The molecule has 2 aliphatic rings. The quantitative estimate of drug-likeness (QED) is 0.701. The summed E-state index contributed by atoms with van der Waals surface area (Å²) < 4.78 is 69.4. The van der Waals surface area contributed by atoms with Gasteiger partial charge in [0, 0.05) is 31.4 Å². The predicted octanol–water partition coefficient (Wildman–Crippen LogP) is 3.28. The van der Waals surface area contributed by atoms with E-state index in [-0.39, 0.29) is 23.6 Å². The SMILES string of the molecule is CC1CN(c2ccc(OC(F)(F)F)cc2)CCN1S(=O)(=O)c1cccc2c1C[C@@H](C(=O)O)C2. The van der Waals surface area contributed by atoms with Crippen molar-refractivity contribution in [2.24, 2.45) is 5.92 Å². The maximum absolute atomic E-state index is 13.5. The third kappa shape index (κ3) is 4.79. The predicted molar refractivity (Wildman–Crippen MR) is 114 cm³/mol. The first-order chi connectivity index (χ1) is 15.5. The maximum atomic E-state index is 13.5. The van der Waals surface area contributed by atoms with Crippen LogP contribution in [0, 0.1) is 5.92 Å². The number of rotatable bonds is 5. The number of carboxylic acid groups (broad SMARTS) is 1. The Balaban J connectivity index is 1.50. The summed E-state index contributed by atoms with van der Waals surface area (Å²) in [6, 6.07) is 10.00. The number of hydrogen-bond donors (Lipinski definition) is 1. The van der Waals surface area contributed by atoms with E-state index in [9.17, 15) is 31.5 Å². The van der Waals surface area contributed by atoms with Gasteiger partial charge in [-0.1, -0.05) is 12.1 Å². The molecule has 0 radical (unpaired) electrons. The molecule has 1 unspecified atom stereocenters. The molecule has 2 atom stereocenters. The molecule has 1 N–H and O–H groups in total. The minimum atomic E-state index is -4.77. The largest absolute Gasteiger partial charge is 0.573 e. The fraction of sp³-hybridized carbons (Fsp3) is 0.409. The second kappa shape index (κ2) is 8.53. The van der Waals surface area contributed by atoms with E-state index in [0.29, 0.717) is 30.8 Å². The van der Waals surface area contributed by atoms with Crippen LogP contribution in [-0.4, -0.2) is 55.8 Å². The van der Waals surface area contributed by atoms with E-state index in [0.717, 1.165) is 5.56 Å². The van der Waals surface area contributed by atoms with Crippen LogP contribution in [0.5, 0.6) is 5.75 Å². The monoisotopic (exact) mass is 484 g/mol. The molecule has 0 bridgehead atoms. The highest BCUT2D eigenvalue weighted by Gasteiger charge is 2.38. The molecule has 1 aliphatic carbocycles. The van der Waals surface area contributed by atoms with Crippen molar-refractivity contribution < 1.29 is 36.2 Å². The summed E-state index contributed by atoms with van der Waals surface area (Å²) in [7, 11) is -3.85. The minimum absolute atomic E-state index is 0.151. The molecule has 1 fully saturated rings. The number of alkyl halides is 3. The van der Waals surface area contributed by atoms with E-state index in [1.807, 2.05) is 4.90 Å². The molecule has 2 aromatic rings. The summed E-state index contributed by atoms with van der Waals surface area (Å²) in [5, 5.41) is 9.35. The van der Waals surface area contributed by atoms with Gasteiger partial charge in [0.15, 0.2) is 0 Å². The van der Waals surface area contributed by atoms with E-state index in [1.165, 1.54) is 34.6 Å². The van der Waals surface area contributed by atoms with Gasteiger partial charge in [0.25, 0.3) is 0 Å². The molecule has 0 amide bonds. The minimum Gasteiger partial charge on any atom is -0.481 e. The van der Waals surface area contributed by atoms with Crippen molar-refractivity contribution in [3.8, 4) is 5.75 Å². The molecule has 1 heterocycles. The molecule has 1 aliphatic heterocycles. The van der Waals surface area contributed by atoms with Crippen LogP contribution in [-0.2, 0) is 27.7 Å². The van der Waals surface area contributed by atoms with Crippen molar-refractivity contribution in [3.05, 3.63) is 53.6 Å². The number of hydrogen-bond acceptors (Lipinski definition) is 5. The molecular formula is C22H23F3N2O5S. The topological polar surface area (TPSA) is 87.2 Å². The summed E-state index contributed by atoms with van der Waals surface area (Å²) in [4.78, 5) is 13.5. The van der Waals surface area contributed by atoms with Crippen molar-refractivity contribution in [3.63, 3.8) is 0 Å². The number of piperazine rings is 1. The molecule has 2 aromatic carbocycles.